The molecule has 0 saturated heterocycles. The van der Waals surface area contributed by atoms with Crippen LogP contribution in [0.2, 0.25) is 0 Å². The largest absolute Gasteiger partial charge is 0.482 e. The van der Waals surface area contributed by atoms with Crippen LogP contribution in [-0.2, 0) is 9.59 Å². The Morgan fingerprint density at radius 1 is 1.28 bits per heavy atom. The smallest absolute Gasteiger partial charge is 0.269 e. The summed E-state index contributed by atoms with van der Waals surface area (Å²) in [6, 6.07) is 11.4. The van der Waals surface area contributed by atoms with Crippen molar-refractivity contribution in [1.29, 1.82) is 0 Å². The molecule has 10 heteroatoms. The number of hydrogen-bond donors (Lipinski definition) is 1. The predicted molar refractivity (Wildman–Crippen MR) is 122 cm³/mol. The van der Waals surface area contributed by atoms with Crippen molar-refractivity contribution in [2.45, 2.75) is 6.92 Å². The van der Waals surface area contributed by atoms with Gasteiger partial charge in [-0.3, -0.25) is 25.0 Å². The molecule has 0 unspecified atom stereocenters. The molecule has 3 aromatic rings. The molecule has 2 aromatic carbocycles. The lowest BCUT2D eigenvalue weighted by Gasteiger charge is -2.26. The molecule has 1 aliphatic heterocycles. The molecule has 162 valence electrons. The number of fused-ring (bicyclic) bond motifs is 1. The maximum Gasteiger partial charge on any atom is 0.269 e. The number of non-ortho nitro benzene ring substituents is 1. The predicted octanol–water partition coefficient (Wildman–Crippen LogP) is 4.03. The molecule has 0 bridgehead atoms. The van der Waals surface area contributed by atoms with Crippen molar-refractivity contribution in [3.63, 3.8) is 0 Å². The summed E-state index contributed by atoms with van der Waals surface area (Å²) in [5.74, 6) is 0.138. The summed E-state index contributed by atoms with van der Waals surface area (Å²) in [4.78, 5) is 41.4. The highest BCUT2D eigenvalue weighted by molar-refractivity contribution is 7.16. The number of aromatic nitrogens is 1. The topological polar surface area (TPSA) is 115 Å². The van der Waals surface area contributed by atoms with Gasteiger partial charge in [0.2, 0.25) is 5.91 Å². The van der Waals surface area contributed by atoms with Gasteiger partial charge in [-0.2, -0.15) is 0 Å². The van der Waals surface area contributed by atoms with Crippen LogP contribution < -0.4 is 15.0 Å². The molecule has 32 heavy (non-hydrogen) atoms. The number of anilines is 2. The molecule has 9 nitrogen and oxygen atoms in total. The number of likely N-dealkylation sites (N-methyl/N-ethyl adjacent to an activating group) is 1. The summed E-state index contributed by atoms with van der Waals surface area (Å²) >= 11 is 1.34. The van der Waals surface area contributed by atoms with Crippen molar-refractivity contribution in [3.05, 3.63) is 69.1 Å². The summed E-state index contributed by atoms with van der Waals surface area (Å²) < 4.78 is 5.46. The molecule has 1 N–H and O–H groups in total. The molecule has 0 fully saturated rings. The molecule has 0 saturated carbocycles. The molecule has 0 spiro atoms. The van der Waals surface area contributed by atoms with E-state index in [-0.39, 0.29) is 24.1 Å². The maximum absolute atomic E-state index is 12.3. The van der Waals surface area contributed by atoms with Crippen LogP contribution in [0.15, 0.2) is 48.5 Å². The number of aryl methyl sites for hydroxylation is 1. The van der Waals surface area contributed by atoms with Gasteiger partial charge in [-0.15, -0.1) is 11.3 Å². The van der Waals surface area contributed by atoms with E-state index in [1.54, 1.807) is 36.2 Å². The minimum absolute atomic E-state index is 0.0123. The van der Waals surface area contributed by atoms with E-state index in [4.69, 9.17) is 4.74 Å². The summed E-state index contributed by atoms with van der Waals surface area (Å²) in [7, 11) is 1.70. The van der Waals surface area contributed by atoms with E-state index in [2.05, 4.69) is 10.3 Å². The number of nitro benzene ring substituents is 1. The Bertz CT molecular complexity index is 1250. The van der Waals surface area contributed by atoms with Crippen molar-refractivity contribution in [2.24, 2.45) is 0 Å². The Balaban J connectivity index is 1.48. The van der Waals surface area contributed by atoms with Gasteiger partial charge < -0.3 is 9.64 Å². The van der Waals surface area contributed by atoms with Crippen LogP contribution in [0.5, 0.6) is 5.75 Å². The second-order valence-electron chi connectivity index (χ2n) is 7.02. The van der Waals surface area contributed by atoms with Crippen LogP contribution in [0.3, 0.4) is 0 Å². The van der Waals surface area contributed by atoms with Crippen LogP contribution in [0.4, 0.5) is 16.5 Å². The number of carbonyl (C=O) groups excluding carboxylic acids is 2. The normalized spacial score (nSPS) is 13.1. The SMILES string of the molecule is Cc1sc(NC(=O)/C=C/c2ccc([N+](=O)[O-])cc2)nc1-c1ccc2c(c1)N(C)C(=O)CO2. The third-order valence-corrected chi connectivity index (χ3v) is 5.76. The molecule has 1 aromatic heterocycles. The van der Waals surface area contributed by atoms with Gasteiger partial charge >= 0.3 is 0 Å². The van der Waals surface area contributed by atoms with Crippen molar-refractivity contribution in [2.75, 3.05) is 23.9 Å². The minimum Gasteiger partial charge on any atom is -0.482 e. The molecule has 0 aliphatic carbocycles. The number of nitro groups is 1. The van der Waals surface area contributed by atoms with E-state index >= 15 is 0 Å². The Labute approximate surface area is 187 Å². The second kappa shape index (κ2) is 8.60. The molecule has 2 amide bonds. The van der Waals surface area contributed by atoms with E-state index in [0.717, 1.165) is 10.4 Å². The fourth-order valence-electron chi connectivity index (χ4n) is 3.16. The van der Waals surface area contributed by atoms with Crippen molar-refractivity contribution >= 4 is 45.7 Å². The first-order valence-corrected chi connectivity index (χ1v) is 10.4. The quantitative estimate of drug-likeness (QED) is 0.356. The number of hydrogen-bond acceptors (Lipinski definition) is 7. The number of thiazole rings is 1. The average molecular weight is 450 g/mol. The van der Waals surface area contributed by atoms with E-state index < -0.39 is 4.92 Å². The van der Waals surface area contributed by atoms with Crippen molar-refractivity contribution in [1.82, 2.24) is 4.98 Å². The Morgan fingerprint density at radius 3 is 2.75 bits per heavy atom. The van der Waals surface area contributed by atoms with Gasteiger partial charge in [0.05, 0.1) is 16.3 Å². The number of rotatable bonds is 5. The summed E-state index contributed by atoms with van der Waals surface area (Å²) in [5, 5.41) is 13.9. The number of nitrogens with one attached hydrogen (secondary N) is 1. The fraction of sp³-hybridized carbons (Fsp3) is 0.136. The zero-order valence-corrected chi connectivity index (χ0v) is 18.0. The Hall–Kier alpha value is -4.05. The lowest BCUT2D eigenvalue weighted by atomic mass is 10.1. The van der Waals surface area contributed by atoms with E-state index in [0.29, 0.717) is 27.8 Å². The first-order chi connectivity index (χ1) is 15.3. The molecule has 4 rings (SSSR count). The molecule has 0 atom stereocenters. The van der Waals surface area contributed by atoms with Crippen LogP contribution in [-0.4, -0.2) is 35.4 Å². The van der Waals surface area contributed by atoms with Gasteiger partial charge in [0.25, 0.3) is 11.6 Å². The lowest BCUT2D eigenvalue weighted by molar-refractivity contribution is -0.384. The third kappa shape index (κ3) is 4.35. The van der Waals surface area contributed by atoms with Crippen LogP contribution in [0, 0.1) is 17.0 Å². The van der Waals surface area contributed by atoms with Crippen LogP contribution in [0.25, 0.3) is 17.3 Å². The average Bonchev–Trinajstić information content (AvgIpc) is 3.14. The van der Waals surface area contributed by atoms with Gasteiger partial charge in [0, 0.05) is 35.7 Å². The maximum atomic E-state index is 12.3. The summed E-state index contributed by atoms with van der Waals surface area (Å²) in [6.07, 6.45) is 2.91. The zero-order valence-electron chi connectivity index (χ0n) is 17.2. The van der Waals surface area contributed by atoms with E-state index in [1.165, 1.54) is 29.5 Å². The van der Waals surface area contributed by atoms with E-state index in [1.807, 2.05) is 19.1 Å². The standard InChI is InChI=1S/C22H18N4O5S/c1-13-21(15-6-9-18-17(11-15)25(2)20(28)12-31-18)24-22(32-13)23-19(27)10-5-14-3-7-16(8-4-14)26(29)30/h3-11H,12H2,1-2H3,(H,23,24,27)/b10-5+. The second-order valence-corrected chi connectivity index (χ2v) is 8.22. The molecule has 2 heterocycles. The Kier molecular flexibility index (Phi) is 5.69. The fourth-order valence-corrected chi connectivity index (χ4v) is 4.00. The van der Waals surface area contributed by atoms with Crippen LogP contribution >= 0.6 is 11.3 Å². The first-order valence-electron chi connectivity index (χ1n) is 9.56. The highest BCUT2D eigenvalue weighted by Gasteiger charge is 2.23. The minimum atomic E-state index is -0.478. The molecule has 0 radical (unpaired) electrons. The Morgan fingerprint density at radius 2 is 2.03 bits per heavy atom. The van der Waals surface area contributed by atoms with Gasteiger partial charge in [-0.1, -0.05) is 0 Å². The number of benzene rings is 2. The summed E-state index contributed by atoms with van der Waals surface area (Å²) in [5.41, 5.74) is 2.84. The van der Waals surface area contributed by atoms with Crippen molar-refractivity contribution < 1.29 is 19.2 Å². The van der Waals surface area contributed by atoms with Gasteiger partial charge in [-0.25, -0.2) is 4.98 Å². The molecular formula is C22H18N4O5S. The van der Waals surface area contributed by atoms with Crippen molar-refractivity contribution in [3.8, 4) is 17.0 Å². The van der Waals surface area contributed by atoms with E-state index in [9.17, 15) is 19.7 Å². The lowest BCUT2D eigenvalue weighted by Crippen LogP contribution is -2.35. The molecular weight excluding hydrogens is 432 g/mol. The van der Waals surface area contributed by atoms with Gasteiger partial charge in [-0.05, 0) is 48.9 Å². The number of ether oxygens (including phenoxy) is 1. The zero-order chi connectivity index (χ0) is 22.8. The first kappa shape index (κ1) is 21.2. The number of amides is 2. The highest BCUT2D eigenvalue weighted by atomic mass is 32.1. The molecule has 1 aliphatic rings. The van der Waals surface area contributed by atoms with Gasteiger partial charge in [0.15, 0.2) is 11.7 Å². The van der Waals surface area contributed by atoms with Gasteiger partial charge in [0.1, 0.15) is 5.75 Å². The summed E-state index contributed by atoms with van der Waals surface area (Å²) in [6.45, 7) is 1.92. The number of carbonyl (C=O) groups is 2. The third-order valence-electron chi connectivity index (χ3n) is 4.88. The van der Waals surface area contributed by atoms with Crippen LogP contribution in [0.1, 0.15) is 10.4 Å². The number of nitrogens with zero attached hydrogens (tertiary/aromatic N) is 3. The monoisotopic (exact) mass is 450 g/mol. The highest BCUT2D eigenvalue weighted by Crippen LogP contribution is 2.37.